The minimum Gasteiger partial charge on any atom is -0.179 e. The van der Waals surface area contributed by atoms with Gasteiger partial charge in [0.05, 0.1) is 0 Å². The summed E-state index contributed by atoms with van der Waals surface area (Å²) in [5.74, 6) is 4.31. The Morgan fingerprint density at radius 3 is 1.67 bits per heavy atom. The van der Waals surface area contributed by atoms with Gasteiger partial charge in [-0.2, -0.15) is 12.6 Å². The van der Waals surface area contributed by atoms with E-state index in [9.17, 15) is 0 Å². The van der Waals surface area contributed by atoms with Crippen LogP contribution < -0.4 is 0 Å². The van der Waals surface area contributed by atoms with Crippen LogP contribution in [0.1, 0.15) is 25.7 Å². The Hall–Kier alpha value is 0.350. The molecule has 0 amide bonds. The lowest BCUT2D eigenvalue weighted by molar-refractivity contribution is 0.457. The van der Waals surface area contributed by atoms with E-state index in [2.05, 4.69) is 12.6 Å². The second kappa shape index (κ2) is 2.19. The maximum atomic E-state index is 4.37. The highest BCUT2D eigenvalue weighted by Crippen LogP contribution is 2.49. The highest BCUT2D eigenvalue weighted by atomic mass is 32.1. The van der Waals surface area contributed by atoms with Gasteiger partial charge in [-0.15, -0.1) is 0 Å². The highest BCUT2D eigenvalue weighted by Gasteiger charge is 2.40. The van der Waals surface area contributed by atoms with Crippen molar-refractivity contribution in [3.05, 3.63) is 0 Å². The fourth-order valence-corrected chi connectivity index (χ4v) is 3.28. The minimum atomic E-state index is 1.01. The highest BCUT2D eigenvalue weighted by molar-refractivity contribution is 7.80. The first-order chi connectivity index (χ1) is 4.42. The summed E-state index contributed by atoms with van der Waals surface area (Å²) in [6.45, 7) is 0. The summed E-state index contributed by atoms with van der Waals surface area (Å²) >= 11 is 4.37. The van der Waals surface area contributed by atoms with E-state index in [1.807, 2.05) is 0 Å². The lowest BCUT2D eigenvalue weighted by atomic mass is 10.0. The Kier molecular flexibility index (Phi) is 1.48. The average Bonchev–Trinajstić information content (AvgIpc) is 2.44. The zero-order valence-corrected chi connectivity index (χ0v) is 6.61. The summed E-state index contributed by atoms with van der Waals surface area (Å²) in [6, 6.07) is 0. The summed E-state index contributed by atoms with van der Waals surface area (Å²) in [6.07, 6.45) is 6.04. The molecule has 0 radical (unpaired) electrons. The van der Waals surface area contributed by atoms with Crippen LogP contribution in [0.15, 0.2) is 0 Å². The first-order valence-corrected chi connectivity index (χ1v) is 4.66. The van der Waals surface area contributed by atoms with Crippen molar-refractivity contribution in [1.82, 2.24) is 0 Å². The van der Waals surface area contributed by atoms with Crippen molar-refractivity contribution in [3.63, 3.8) is 0 Å². The predicted molar refractivity (Wildman–Crippen MR) is 42.8 cm³/mol. The van der Waals surface area contributed by atoms with Gasteiger partial charge in [-0.1, -0.05) is 0 Å². The zero-order chi connectivity index (χ0) is 6.27. The predicted octanol–water partition coefficient (Wildman–Crippen LogP) is 2.35. The third-order valence-corrected chi connectivity index (χ3v) is 3.66. The van der Waals surface area contributed by atoms with Crippen LogP contribution >= 0.6 is 12.6 Å². The van der Waals surface area contributed by atoms with Gasteiger partial charge in [0.2, 0.25) is 0 Å². The van der Waals surface area contributed by atoms with Crippen molar-refractivity contribution in [3.8, 4) is 0 Å². The molecule has 0 N–H and O–H groups in total. The molecule has 0 atom stereocenters. The maximum Gasteiger partial charge on any atom is -0.00642 e. The first-order valence-electron chi connectivity index (χ1n) is 4.02. The maximum absolute atomic E-state index is 4.37. The molecule has 52 valence electrons. The summed E-state index contributed by atoms with van der Waals surface area (Å²) in [5, 5.41) is 0. The van der Waals surface area contributed by atoms with Crippen LogP contribution in [0.25, 0.3) is 0 Å². The van der Waals surface area contributed by atoms with Crippen molar-refractivity contribution in [1.29, 1.82) is 0 Å². The van der Waals surface area contributed by atoms with Crippen LogP contribution in [0.4, 0.5) is 0 Å². The van der Waals surface area contributed by atoms with Crippen LogP contribution in [0.5, 0.6) is 0 Å². The van der Waals surface area contributed by atoms with Crippen LogP contribution in [0.2, 0.25) is 0 Å². The van der Waals surface area contributed by atoms with Gasteiger partial charge in [-0.3, -0.25) is 0 Å². The molecule has 0 unspecified atom stereocenters. The second-order valence-corrected chi connectivity index (χ2v) is 3.89. The molecule has 0 aromatic rings. The largest absolute Gasteiger partial charge is 0.179 e. The summed E-state index contributed by atoms with van der Waals surface area (Å²) in [4.78, 5) is 0. The molecular weight excluding hydrogens is 128 g/mol. The molecule has 0 spiro atoms. The third kappa shape index (κ3) is 0.813. The Morgan fingerprint density at radius 1 is 1.00 bits per heavy atom. The molecule has 2 bridgehead atoms. The number of rotatable bonds is 1. The Balaban J connectivity index is 2.08. The summed E-state index contributed by atoms with van der Waals surface area (Å²) in [7, 11) is 0. The average molecular weight is 142 g/mol. The molecule has 0 aliphatic heterocycles. The molecule has 2 rings (SSSR count). The molecule has 0 heterocycles. The van der Waals surface area contributed by atoms with Crippen molar-refractivity contribution in [2.75, 3.05) is 5.75 Å². The molecule has 2 aliphatic rings. The van der Waals surface area contributed by atoms with E-state index in [0.29, 0.717) is 0 Å². The molecule has 0 saturated heterocycles. The van der Waals surface area contributed by atoms with Gasteiger partial charge < -0.3 is 0 Å². The first kappa shape index (κ1) is 6.09. The standard InChI is InChI=1S/C8H14S/c9-5-8-6-1-2-7(8)4-3-6/h6-9H,1-5H2. The smallest absolute Gasteiger partial charge is 0.00642 e. The molecule has 9 heavy (non-hydrogen) atoms. The fraction of sp³-hybridized carbons (Fsp3) is 1.00. The number of fused-ring (bicyclic) bond motifs is 2. The van der Waals surface area contributed by atoms with Crippen molar-refractivity contribution in [2.24, 2.45) is 17.8 Å². The van der Waals surface area contributed by atoms with Gasteiger partial charge in [-0.05, 0) is 49.2 Å². The molecule has 2 fully saturated rings. The molecule has 2 aliphatic carbocycles. The van der Waals surface area contributed by atoms with Gasteiger partial charge in [0.1, 0.15) is 0 Å². The van der Waals surface area contributed by atoms with Crippen molar-refractivity contribution >= 4 is 12.6 Å². The molecule has 0 aromatic carbocycles. The van der Waals surface area contributed by atoms with E-state index >= 15 is 0 Å². The topological polar surface area (TPSA) is 0 Å². The summed E-state index contributed by atoms with van der Waals surface area (Å²) in [5.41, 5.74) is 0. The number of thiol groups is 1. The van der Waals surface area contributed by atoms with Crippen molar-refractivity contribution < 1.29 is 0 Å². The van der Waals surface area contributed by atoms with E-state index in [4.69, 9.17) is 0 Å². The van der Waals surface area contributed by atoms with Gasteiger partial charge in [0.25, 0.3) is 0 Å². The monoisotopic (exact) mass is 142 g/mol. The summed E-state index contributed by atoms with van der Waals surface area (Å²) < 4.78 is 0. The minimum absolute atomic E-state index is 1.01. The van der Waals surface area contributed by atoms with E-state index in [-0.39, 0.29) is 0 Å². The van der Waals surface area contributed by atoms with Gasteiger partial charge in [0.15, 0.2) is 0 Å². The normalized spacial score (nSPS) is 48.3. The molecular formula is C8H14S. The Morgan fingerprint density at radius 2 is 1.44 bits per heavy atom. The third-order valence-electron chi connectivity index (χ3n) is 3.24. The number of hydrogen-bond acceptors (Lipinski definition) is 1. The van der Waals surface area contributed by atoms with Crippen LogP contribution in [0.3, 0.4) is 0 Å². The number of hydrogen-bond donors (Lipinski definition) is 1. The Bertz CT molecular complexity index is 91.1. The van der Waals surface area contributed by atoms with Crippen LogP contribution in [0, 0.1) is 17.8 Å². The van der Waals surface area contributed by atoms with E-state index in [1.54, 1.807) is 0 Å². The molecule has 0 aromatic heterocycles. The molecule has 2 saturated carbocycles. The lowest BCUT2D eigenvalue weighted by Crippen LogP contribution is -2.06. The Labute approximate surface area is 62.4 Å². The molecule has 1 heteroatoms. The van der Waals surface area contributed by atoms with Crippen molar-refractivity contribution in [2.45, 2.75) is 25.7 Å². The fourth-order valence-electron chi connectivity index (χ4n) is 2.68. The zero-order valence-electron chi connectivity index (χ0n) is 5.71. The second-order valence-electron chi connectivity index (χ2n) is 3.52. The molecule has 0 nitrogen and oxygen atoms in total. The SMILES string of the molecule is SCC1C2CCC1CC2. The van der Waals surface area contributed by atoms with Gasteiger partial charge >= 0.3 is 0 Å². The van der Waals surface area contributed by atoms with E-state index in [1.165, 1.54) is 25.7 Å². The van der Waals surface area contributed by atoms with Crippen LogP contribution in [-0.4, -0.2) is 5.75 Å². The van der Waals surface area contributed by atoms with Gasteiger partial charge in [0, 0.05) is 0 Å². The van der Waals surface area contributed by atoms with Crippen LogP contribution in [-0.2, 0) is 0 Å². The van der Waals surface area contributed by atoms with Gasteiger partial charge in [-0.25, -0.2) is 0 Å². The van der Waals surface area contributed by atoms with E-state index < -0.39 is 0 Å². The van der Waals surface area contributed by atoms with E-state index in [0.717, 1.165) is 23.5 Å². The lowest BCUT2D eigenvalue weighted by Gasteiger charge is -2.09. The quantitative estimate of drug-likeness (QED) is 0.534.